The maximum atomic E-state index is 12.3. The molecular weight excluding hydrogens is 380 g/mol. The Morgan fingerprint density at radius 1 is 1.00 bits per heavy atom. The number of benzene rings is 2. The summed E-state index contributed by atoms with van der Waals surface area (Å²) in [7, 11) is 0. The van der Waals surface area contributed by atoms with Crippen molar-refractivity contribution in [2.24, 2.45) is 5.92 Å². The zero-order chi connectivity index (χ0) is 20.8. The molecule has 1 aromatic heterocycles. The van der Waals surface area contributed by atoms with Crippen LogP contribution in [0.2, 0.25) is 0 Å². The van der Waals surface area contributed by atoms with Crippen molar-refractivity contribution in [2.45, 2.75) is 13.2 Å². The Morgan fingerprint density at radius 3 is 2.47 bits per heavy atom. The summed E-state index contributed by atoms with van der Waals surface area (Å²) in [6, 6.07) is 17.7. The SMILES string of the molecule is O=C(NCc1ccc(OCc2ccccc2)cc1)C1CN(C(=O)c2cnccn2)C1. The molecule has 4 rings (SSSR count). The molecule has 0 atom stereocenters. The van der Waals surface area contributed by atoms with Gasteiger partial charge in [-0.1, -0.05) is 42.5 Å². The summed E-state index contributed by atoms with van der Waals surface area (Å²) in [6.45, 7) is 1.75. The summed E-state index contributed by atoms with van der Waals surface area (Å²) in [4.78, 5) is 34.1. The monoisotopic (exact) mass is 402 g/mol. The van der Waals surface area contributed by atoms with Crippen LogP contribution < -0.4 is 10.1 Å². The predicted molar refractivity (Wildman–Crippen MR) is 110 cm³/mol. The molecule has 0 saturated carbocycles. The van der Waals surface area contributed by atoms with Gasteiger partial charge in [0.1, 0.15) is 18.1 Å². The molecule has 7 nitrogen and oxygen atoms in total. The van der Waals surface area contributed by atoms with E-state index < -0.39 is 0 Å². The van der Waals surface area contributed by atoms with E-state index in [1.165, 1.54) is 18.6 Å². The molecule has 1 aliphatic heterocycles. The summed E-state index contributed by atoms with van der Waals surface area (Å²) < 4.78 is 5.77. The van der Waals surface area contributed by atoms with Crippen LogP contribution in [-0.4, -0.2) is 39.8 Å². The molecule has 0 radical (unpaired) electrons. The van der Waals surface area contributed by atoms with Gasteiger partial charge in [0.15, 0.2) is 0 Å². The van der Waals surface area contributed by atoms with Gasteiger partial charge >= 0.3 is 0 Å². The zero-order valence-electron chi connectivity index (χ0n) is 16.4. The van der Waals surface area contributed by atoms with Gasteiger partial charge in [-0.3, -0.25) is 14.6 Å². The van der Waals surface area contributed by atoms with Gasteiger partial charge in [0.2, 0.25) is 5.91 Å². The average Bonchev–Trinajstić information content (AvgIpc) is 2.77. The van der Waals surface area contributed by atoms with Gasteiger partial charge in [-0.25, -0.2) is 4.98 Å². The summed E-state index contributed by atoms with van der Waals surface area (Å²) in [5.41, 5.74) is 2.40. The van der Waals surface area contributed by atoms with Crippen molar-refractivity contribution in [1.82, 2.24) is 20.2 Å². The number of rotatable bonds is 7. The average molecular weight is 402 g/mol. The first kappa shape index (κ1) is 19.6. The van der Waals surface area contributed by atoms with Crippen LogP contribution in [0.5, 0.6) is 5.75 Å². The number of carbonyl (C=O) groups excluding carboxylic acids is 2. The Hall–Kier alpha value is -3.74. The highest BCUT2D eigenvalue weighted by atomic mass is 16.5. The number of nitrogens with one attached hydrogen (secondary N) is 1. The quantitative estimate of drug-likeness (QED) is 0.656. The second-order valence-corrected chi connectivity index (χ2v) is 7.13. The van der Waals surface area contributed by atoms with E-state index in [2.05, 4.69) is 15.3 Å². The van der Waals surface area contributed by atoms with Crippen molar-refractivity contribution < 1.29 is 14.3 Å². The molecule has 2 amide bonds. The third-order valence-electron chi connectivity index (χ3n) is 4.96. The van der Waals surface area contributed by atoms with Crippen LogP contribution in [0, 0.1) is 5.92 Å². The van der Waals surface area contributed by atoms with Gasteiger partial charge in [-0.2, -0.15) is 0 Å². The van der Waals surface area contributed by atoms with Crippen molar-refractivity contribution in [3.05, 3.63) is 90.0 Å². The van der Waals surface area contributed by atoms with Crippen LogP contribution in [0.4, 0.5) is 0 Å². The van der Waals surface area contributed by atoms with Crippen molar-refractivity contribution >= 4 is 11.8 Å². The number of hydrogen-bond acceptors (Lipinski definition) is 5. The third kappa shape index (κ3) is 4.81. The smallest absolute Gasteiger partial charge is 0.274 e. The highest BCUT2D eigenvalue weighted by Crippen LogP contribution is 2.19. The molecule has 3 aromatic rings. The predicted octanol–water partition coefficient (Wildman–Crippen LogP) is 2.44. The Morgan fingerprint density at radius 2 is 1.77 bits per heavy atom. The number of aromatic nitrogens is 2. The number of ether oxygens (including phenoxy) is 1. The van der Waals surface area contributed by atoms with Gasteiger partial charge < -0.3 is 15.0 Å². The molecule has 30 heavy (non-hydrogen) atoms. The Labute approximate surface area is 174 Å². The molecule has 0 bridgehead atoms. The maximum Gasteiger partial charge on any atom is 0.274 e. The van der Waals surface area contributed by atoms with Crippen LogP contribution in [0.15, 0.2) is 73.2 Å². The first-order chi connectivity index (χ1) is 14.7. The lowest BCUT2D eigenvalue weighted by molar-refractivity contribution is -0.129. The van der Waals surface area contributed by atoms with Crippen LogP contribution in [0.25, 0.3) is 0 Å². The van der Waals surface area contributed by atoms with Crippen LogP contribution >= 0.6 is 0 Å². The Kier molecular flexibility index (Phi) is 5.98. The standard InChI is InChI=1S/C23H22N4O3/c28-22(19-14-27(15-19)23(29)21-13-24-10-11-25-21)26-12-17-6-8-20(9-7-17)30-16-18-4-2-1-3-5-18/h1-11,13,19H,12,14-16H2,(H,26,28). The van der Waals surface area contributed by atoms with E-state index in [0.717, 1.165) is 16.9 Å². The fourth-order valence-corrected chi connectivity index (χ4v) is 3.16. The van der Waals surface area contributed by atoms with Gasteiger partial charge in [0.05, 0.1) is 12.1 Å². The summed E-state index contributed by atoms with van der Waals surface area (Å²) in [5.74, 6) is 0.339. The largest absolute Gasteiger partial charge is 0.489 e. The minimum Gasteiger partial charge on any atom is -0.489 e. The van der Waals surface area contributed by atoms with Crippen molar-refractivity contribution in [3.63, 3.8) is 0 Å². The molecule has 0 aliphatic carbocycles. The van der Waals surface area contributed by atoms with Crippen LogP contribution in [0.1, 0.15) is 21.6 Å². The minimum absolute atomic E-state index is 0.0531. The van der Waals surface area contributed by atoms with E-state index in [4.69, 9.17) is 4.74 Å². The van der Waals surface area contributed by atoms with E-state index in [0.29, 0.717) is 31.9 Å². The summed E-state index contributed by atoms with van der Waals surface area (Å²) in [5, 5.41) is 2.93. The van der Waals surface area contributed by atoms with Gasteiger partial charge in [-0.15, -0.1) is 0 Å². The van der Waals surface area contributed by atoms with Gasteiger partial charge in [0.25, 0.3) is 5.91 Å². The summed E-state index contributed by atoms with van der Waals surface area (Å²) >= 11 is 0. The van der Waals surface area contributed by atoms with E-state index in [1.807, 2.05) is 54.6 Å². The van der Waals surface area contributed by atoms with Gasteiger partial charge in [0, 0.05) is 32.0 Å². The lowest BCUT2D eigenvalue weighted by Gasteiger charge is -2.37. The number of amides is 2. The highest BCUT2D eigenvalue weighted by Gasteiger charge is 2.36. The second kappa shape index (κ2) is 9.17. The Bertz CT molecular complexity index is 988. The number of nitrogens with zero attached hydrogens (tertiary/aromatic N) is 3. The second-order valence-electron chi connectivity index (χ2n) is 7.13. The van der Waals surface area contributed by atoms with Crippen molar-refractivity contribution in [3.8, 4) is 5.75 Å². The Balaban J connectivity index is 1.20. The van der Waals surface area contributed by atoms with Gasteiger partial charge in [-0.05, 0) is 23.3 Å². The molecular formula is C23H22N4O3. The molecule has 2 aromatic carbocycles. The number of carbonyl (C=O) groups is 2. The zero-order valence-corrected chi connectivity index (χ0v) is 16.4. The topological polar surface area (TPSA) is 84.4 Å². The molecule has 2 heterocycles. The lowest BCUT2D eigenvalue weighted by Crippen LogP contribution is -2.55. The fraction of sp³-hybridized carbons (Fsp3) is 0.217. The van der Waals surface area contributed by atoms with Crippen molar-refractivity contribution in [1.29, 1.82) is 0 Å². The molecule has 1 saturated heterocycles. The molecule has 0 spiro atoms. The maximum absolute atomic E-state index is 12.3. The molecule has 0 unspecified atom stereocenters. The number of likely N-dealkylation sites (tertiary alicyclic amines) is 1. The normalized spacial score (nSPS) is 13.4. The van der Waals surface area contributed by atoms with Crippen molar-refractivity contribution in [2.75, 3.05) is 13.1 Å². The summed E-state index contributed by atoms with van der Waals surface area (Å²) in [6.07, 6.45) is 4.43. The van der Waals surface area contributed by atoms with E-state index >= 15 is 0 Å². The van der Waals surface area contributed by atoms with Crippen LogP contribution in [-0.2, 0) is 17.9 Å². The van der Waals surface area contributed by atoms with E-state index in [1.54, 1.807) is 4.90 Å². The highest BCUT2D eigenvalue weighted by molar-refractivity contribution is 5.94. The first-order valence-corrected chi connectivity index (χ1v) is 9.78. The van der Waals surface area contributed by atoms with E-state index in [-0.39, 0.29) is 17.7 Å². The lowest BCUT2D eigenvalue weighted by atomic mass is 9.98. The minimum atomic E-state index is -0.196. The molecule has 152 valence electrons. The first-order valence-electron chi connectivity index (χ1n) is 9.78. The fourth-order valence-electron chi connectivity index (χ4n) is 3.16. The molecule has 1 aliphatic rings. The molecule has 7 heteroatoms. The third-order valence-corrected chi connectivity index (χ3v) is 4.96. The van der Waals surface area contributed by atoms with E-state index in [9.17, 15) is 9.59 Å². The molecule has 1 fully saturated rings. The number of hydrogen-bond donors (Lipinski definition) is 1. The van der Waals surface area contributed by atoms with Crippen LogP contribution in [0.3, 0.4) is 0 Å². The molecule has 1 N–H and O–H groups in total.